The molecule has 0 aromatic heterocycles. The number of anilines is 1. The Hall–Kier alpha value is -1.76. The molecule has 1 aromatic rings. The van der Waals surface area contributed by atoms with E-state index in [2.05, 4.69) is 22.3 Å². The maximum Gasteiger partial charge on any atom is 0.422 e. The van der Waals surface area contributed by atoms with Crippen LogP contribution in [-0.4, -0.2) is 31.8 Å². The van der Waals surface area contributed by atoms with Crippen molar-refractivity contribution in [3.8, 4) is 5.75 Å². The van der Waals surface area contributed by atoms with Crippen LogP contribution in [0.3, 0.4) is 0 Å². The molecule has 24 heavy (non-hydrogen) atoms. The van der Waals surface area contributed by atoms with E-state index < -0.39 is 12.8 Å². The molecule has 134 valence electrons. The predicted octanol–water partition coefficient (Wildman–Crippen LogP) is 3.59. The Bertz CT molecular complexity index is 543. The van der Waals surface area contributed by atoms with E-state index in [9.17, 15) is 18.0 Å². The van der Waals surface area contributed by atoms with Crippen LogP contribution in [0.2, 0.25) is 0 Å². The number of carbonyl (C=O) groups excluding carboxylic acids is 1. The Morgan fingerprint density at radius 1 is 1.46 bits per heavy atom. The molecule has 1 aliphatic rings. The smallest absolute Gasteiger partial charge is 0.422 e. The number of rotatable bonds is 6. The topological polar surface area (TPSA) is 50.4 Å². The highest BCUT2D eigenvalue weighted by Gasteiger charge is 2.28. The second kappa shape index (κ2) is 8.37. The average Bonchev–Trinajstić information content (AvgIpc) is 2.53. The summed E-state index contributed by atoms with van der Waals surface area (Å²) in [7, 11) is 0. The fraction of sp³-hybridized carbons (Fsp3) is 0.588. The van der Waals surface area contributed by atoms with Gasteiger partial charge in [-0.2, -0.15) is 13.2 Å². The Balaban J connectivity index is 1.84. The van der Waals surface area contributed by atoms with Gasteiger partial charge in [-0.3, -0.25) is 4.79 Å². The molecule has 2 rings (SSSR count). The number of ether oxygens (including phenoxy) is 1. The first-order valence-corrected chi connectivity index (χ1v) is 8.13. The summed E-state index contributed by atoms with van der Waals surface area (Å²) in [6, 6.07) is 6.01. The van der Waals surface area contributed by atoms with Gasteiger partial charge in [0.25, 0.3) is 0 Å². The van der Waals surface area contributed by atoms with Crippen molar-refractivity contribution < 1.29 is 22.7 Å². The van der Waals surface area contributed by atoms with E-state index in [1.807, 2.05) is 0 Å². The molecule has 0 aliphatic carbocycles. The maximum absolute atomic E-state index is 12.2. The number of halogens is 3. The second-order valence-corrected chi connectivity index (χ2v) is 6.27. The van der Waals surface area contributed by atoms with Crippen molar-refractivity contribution in [1.29, 1.82) is 0 Å². The van der Waals surface area contributed by atoms with Crippen molar-refractivity contribution >= 4 is 11.6 Å². The summed E-state index contributed by atoms with van der Waals surface area (Å²) in [5, 5.41) is 6.06. The van der Waals surface area contributed by atoms with Gasteiger partial charge in [-0.1, -0.05) is 13.0 Å². The molecule has 2 atom stereocenters. The second-order valence-electron chi connectivity index (χ2n) is 6.27. The van der Waals surface area contributed by atoms with E-state index in [0.717, 1.165) is 25.9 Å². The van der Waals surface area contributed by atoms with Gasteiger partial charge in [0.05, 0.1) is 0 Å². The first-order chi connectivity index (χ1) is 11.3. The molecular weight excluding hydrogens is 321 g/mol. The molecule has 0 saturated carbocycles. The number of carbonyl (C=O) groups is 1. The van der Waals surface area contributed by atoms with E-state index >= 15 is 0 Å². The van der Waals surface area contributed by atoms with Gasteiger partial charge in [-0.15, -0.1) is 0 Å². The number of benzene rings is 1. The number of hydrogen-bond acceptors (Lipinski definition) is 3. The van der Waals surface area contributed by atoms with Crippen molar-refractivity contribution in [2.24, 2.45) is 11.8 Å². The molecular formula is C17H23F3N2O2. The van der Waals surface area contributed by atoms with Gasteiger partial charge in [0, 0.05) is 18.2 Å². The zero-order chi connectivity index (χ0) is 17.6. The predicted molar refractivity (Wildman–Crippen MR) is 86.0 cm³/mol. The Morgan fingerprint density at radius 3 is 2.92 bits per heavy atom. The molecule has 7 heteroatoms. The van der Waals surface area contributed by atoms with Crippen LogP contribution in [0.4, 0.5) is 18.9 Å². The largest absolute Gasteiger partial charge is 0.484 e. The Morgan fingerprint density at radius 2 is 2.25 bits per heavy atom. The maximum atomic E-state index is 12.2. The third-order valence-corrected chi connectivity index (χ3v) is 4.17. The summed E-state index contributed by atoms with van der Waals surface area (Å²) in [5.74, 6) is 0.670. The number of alkyl halides is 3. The van der Waals surface area contributed by atoms with Crippen LogP contribution in [0.1, 0.15) is 26.2 Å². The standard InChI is InChI=1S/C17H23F3N2O2/c1-12(13-4-3-7-21-10-13)8-16(23)22-14-5-2-6-15(9-14)24-11-17(18,19)20/h2,5-6,9,12-13,21H,3-4,7-8,10-11H2,1H3,(H,22,23). The Kier molecular flexibility index (Phi) is 6.48. The summed E-state index contributed by atoms with van der Waals surface area (Å²) in [6.07, 6.45) is -1.76. The van der Waals surface area contributed by atoms with E-state index in [4.69, 9.17) is 0 Å². The van der Waals surface area contributed by atoms with Gasteiger partial charge in [0.2, 0.25) is 5.91 Å². The molecule has 4 nitrogen and oxygen atoms in total. The van der Waals surface area contributed by atoms with Gasteiger partial charge < -0.3 is 15.4 Å². The SMILES string of the molecule is CC(CC(=O)Nc1cccc(OCC(F)(F)F)c1)C1CCCNC1. The molecule has 0 spiro atoms. The number of hydrogen-bond donors (Lipinski definition) is 2. The zero-order valence-corrected chi connectivity index (χ0v) is 13.7. The summed E-state index contributed by atoms with van der Waals surface area (Å²) < 4.78 is 41.2. The first kappa shape index (κ1) is 18.6. The lowest BCUT2D eigenvalue weighted by atomic mass is 9.85. The molecule has 2 unspecified atom stereocenters. The van der Waals surface area contributed by atoms with Crippen LogP contribution in [0.25, 0.3) is 0 Å². The van der Waals surface area contributed by atoms with Crippen LogP contribution >= 0.6 is 0 Å². The minimum atomic E-state index is -4.39. The number of amides is 1. The van der Waals surface area contributed by atoms with Crippen LogP contribution < -0.4 is 15.4 Å². The molecule has 1 amide bonds. The summed E-state index contributed by atoms with van der Waals surface area (Å²) in [4.78, 5) is 12.1. The third kappa shape index (κ3) is 6.39. The third-order valence-electron chi connectivity index (χ3n) is 4.17. The first-order valence-electron chi connectivity index (χ1n) is 8.13. The van der Waals surface area contributed by atoms with Crippen molar-refractivity contribution in [1.82, 2.24) is 5.32 Å². The quantitative estimate of drug-likeness (QED) is 0.829. The molecule has 1 aromatic carbocycles. The zero-order valence-electron chi connectivity index (χ0n) is 13.7. The minimum absolute atomic E-state index is 0.0784. The van der Waals surface area contributed by atoms with E-state index in [1.54, 1.807) is 12.1 Å². The van der Waals surface area contributed by atoms with Gasteiger partial charge in [-0.05, 0) is 49.9 Å². The molecule has 1 aliphatic heterocycles. The van der Waals surface area contributed by atoms with Gasteiger partial charge in [-0.25, -0.2) is 0 Å². The number of piperidine rings is 1. The highest BCUT2D eigenvalue weighted by Crippen LogP contribution is 2.24. The lowest BCUT2D eigenvalue weighted by Gasteiger charge is -2.28. The van der Waals surface area contributed by atoms with Crippen LogP contribution in [0.15, 0.2) is 24.3 Å². The van der Waals surface area contributed by atoms with Crippen LogP contribution in [0, 0.1) is 11.8 Å². The fourth-order valence-corrected chi connectivity index (χ4v) is 2.86. The molecule has 1 heterocycles. The summed E-state index contributed by atoms with van der Waals surface area (Å²) in [6.45, 7) is 2.66. The van der Waals surface area contributed by atoms with E-state index in [1.165, 1.54) is 12.1 Å². The van der Waals surface area contributed by atoms with Gasteiger partial charge in [0.1, 0.15) is 5.75 Å². The van der Waals surface area contributed by atoms with Crippen molar-refractivity contribution in [2.45, 2.75) is 32.4 Å². The van der Waals surface area contributed by atoms with Gasteiger partial charge in [0.15, 0.2) is 6.61 Å². The summed E-state index contributed by atoms with van der Waals surface area (Å²) >= 11 is 0. The lowest BCUT2D eigenvalue weighted by Crippen LogP contribution is -2.34. The number of nitrogens with one attached hydrogen (secondary N) is 2. The molecule has 1 saturated heterocycles. The molecule has 0 radical (unpaired) electrons. The fourth-order valence-electron chi connectivity index (χ4n) is 2.86. The highest BCUT2D eigenvalue weighted by atomic mass is 19.4. The Labute approximate surface area is 139 Å². The molecule has 2 N–H and O–H groups in total. The van der Waals surface area contributed by atoms with E-state index in [-0.39, 0.29) is 17.6 Å². The van der Waals surface area contributed by atoms with Crippen LogP contribution in [-0.2, 0) is 4.79 Å². The van der Waals surface area contributed by atoms with Crippen molar-refractivity contribution in [3.63, 3.8) is 0 Å². The lowest BCUT2D eigenvalue weighted by molar-refractivity contribution is -0.153. The van der Waals surface area contributed by atoms with Gasteiger partial charge >= 0.3 is 6.18 Å². The molecule has 0 bridgehead atoms. The highest BCUT2D eigenvalue weighted by molar-refractivity contribution is 5.91. The van der Waals surface area contributed by atoms with Crippen molar-refractivity contribution in [3.05, 3.63) is 24.3 Å². The normalized spacial score (nSPS) is 19.6. The average molecular weight is 344 g/mol. The van der Waals surface area contributed by atoms with E-state index in [0.29, 0.717) is 18.0 Å². The van der Waals surface area contributed by atoms with Crippen LogP contribution in [0.5, 0.6) is 5.75 Å². The monoisotopic (exact) mass is 344 g/mol. The van der Waals surface area contributed by atoms with Crippen molar-refractivity contribution in [2.75, 3.05) is 25.0 Å². The minimum Gasteiger partial charge on any atom is -0.484 e. The summed E-state index contributed by atoms with van der Waals surface area (Å²) in [5.41, 5.74) is 0.439. The molecule has 1 fully saturated rings.